The molecule has 0 radical (unpaired) electrons. The number of hydrogen-bond acceptors (Lipinski definition) is 5. The molecular weight excluding hydrogens is 248 g/mol. The van der Waals surface area contributed by atoms with Gasteiger partial charge in [-0.15, -0.1) is 0 Å². The van der Waals surface area contributed by atoms with Crippen LogP contribution in [0.15, 0.2) is 18.3 Å². The van der Waals surface area contributed by atoms with Crippen LogP contribution in [0, 0.1) is 0 Å². The van der Waals surface area contributed by atoms with E-state index in [0.29, 0.717) is 12.3 Å². The van der Waals surface area contributed by atoms with Crippen molar-refractivity contribution in [3.63, 3.8) is 0 Å². The zero-order valence-corrected chi connectivity index (χ0v) is 11.0. The fourth-order valence-corrected chi connectivity index (χ4v) is 1.32. The smallest absolute Gasteiger partial charge is 0.318 e. The molecule has 1 aromatic heterocycles. The Labute approximate surface area is 111 Å². The molecular formula is C12H18N4O3. The average molecular weight is 266 g/mol. The number of carbonyl (C=O) groups excluding carboxylic acids is 2. The second-order valence-electron chi connectivity index (χ2n) is 3.88. The molecule has 7 heteroatoms. The van der Waals surface area contributed by atoms with Crippen LogP contribution in [0.5, 0.6) is 5.75 Å². The van der Waals surface area contributed by atoms with E-state index in [4.69, 9.17) is 10.5 Å². The first-order chi connectivity index (χ1) is 9.02. The molecule has 1 heterocycles. The molecule has 1 aromatic rings. The minimum Gasteiger partial charge on any atom is -0.479 e. The Kier molecular flexibility index (Phi) is 5.74. The topological polar surface area (TPSA) is 106 Å². The van der Waals surface area contributed by atoms with E-state index >= 15 is 0 Å². The lowest BCUT2D eigenvalue weighted by Crippen LogP contribution is -2.42. The van der Waals surface area contributed by atoms with Crippen molar-refractivity contribution in [1.29, 1.82) is 0 Å². The van der Waals surface area contributed by atoms with Gasteiger partial charge in [0.15, 0.2) is 6.10 Å². The number of pyridine rings is 1. The highest BCUT2D eigenvalue weighted by atomic mass is 16.5. The highest BCUT2D eigenvalue weighted by Crippen LogP contribution is 2.11. The summed E-state index contributed by atoms with van der Waals surface area (Å²) in [6.45, 7) is 5.07. The Hall–Kier alpha value is -2.15. The Morgan fingerprint density at radius 2 is 2.21 bits per heavy atom. The number of carbonyl (C=O) groups is 2. The Balaban J connectivity index is 2.52. The van der Waals surface area contributed by atoms with E-state index in [2.05, 4.69) is 10.3 Å². The molecule has 0 aliphatic carbocycles. The summed E-state index contributed by atoms with van der Waals surface area (Å²) in [6, 6.07) is 2.62. The molecule has 1 atom stereocenters. The molecule has 3 amide bonds. The van der Waals surface area contributed by atoms with E-state index in [-0.39, 0.29) is 0 Å². The number of urea groups is 1. The molecule has 0 saturated carbocycles. The predicted molar refractivity (Wildman–Crippen MR) is 69.4 cm³/mol. The molecule has 104 valence electrons. The van der Waals surface area contributed by atoms with Crippen molar-refractivity contribution in [1.82, 2.24) is 15.6 Å². The summed E-state index contributed by atoms with van der Waals surface area (Å²) >= 11 is 0. The number of primary amides is 1. The van der Waals surface area contributed by atoms with E-state index in [1.807, 2.05) is 12.2 Å². The highest BCUT2D eigenvalue weighted by Gasteiger charge is 2.16. The lowest BCUT2D eigenvalue weighted by atomic mass is 10.3. The van der Waals surface area contributed by atoms with Gasteiger partial charge >= 0.3 is 6.03 Å². The molecule has 7 nitrogen and oxygen atoms in total. The van der Waals surface area contributed by atoms with Gasteiger partial charge in [0.1, 0.15) is 5.75 Å². The number of nitrogens with two attached hydrogens (primary N) is 1. The molecule has 0 aliphatic rings. The van der Waals surface area contributed by atoms with E-state index < -0.39 is 18.0 Å². The predicted octanol–water partition coefficient (Wildman–Crippen LogP) is 0.153. The number of ether oxygens (including phenoxy) is 1. The van der Waals surface area contributed by atoms with Gasteiger partial charge in [0, 0.05) is 6.54 Å². The average Bonchev–Trinajstić information content (AvgIpc) is 2.37. The standard InChI is InChI=1S/C12H18N4O3/c1-3-14-6-9-4-5-10(7-15-9)19-8(2)11(17)16-12(13)18/h4-5,7-8,14H,3,6H2,1-2H3,(H3,13,16,17,18). The molecule has 0 aliphatic heterocycles. The number of aromatic nitrogens is 1. The first-order valence-corrected chi connectivity index (χ1v) is 5.95. The summed E-state index contributed by atoms with van der Waals surface area (Å²) in [5, 5.41) is 5.09. The van der Waals surface area contributed by atoms with Crippen LogP contribution in [0.3, 0.4) is 0 Å². The summed E-state index contributed by atoms with van der Waals surface area (Å²) in [5.74, 6) is -0.142. The van der Waals surface area contributed by atoms with Crippen molar-refractivity contribution in [2.45, 2.75) is 26.5 Å². The molecule has 0 fully saturated rings. The Morgan fingerprint density at radius 3 is 2.74 bits per heavy atom. The largest absolute Gasteiger partial charge is 0.479 e. The fraction of sp³-hybridized carbons (Fsp3) is 0.417. The van der Waals surface area contributed by atoms with Crippen LogP contribution >= 0.6 is 0 Å². The van der Waals surface area contributed by atoms with Gasteiger partial charge in [-0.25, -0.2) is 4.79 Å². The van der Waals surface area contributed by atoms with Crippen LogP contribution in [-0.2, 0) is 11.3 Å². The molecule has 0 spiro atoms. The number of amides is 3. The molecule has 19 heavy (non-hydrogen) atoms. The van der Waals surface area contributed by atoms with Crippen LogP contribution in [0.4, 0.5) is 4.79 Å². The fourth-order valence-electron chi connectivity index (χ4n) is 1.32. The summed E-state index contributed by atoms with van der Waals surface area (Å²) in [7, 11) is 0. The second-order valence-corrected chi connectivity index (χ2v) is 3.88. The first kappa shape index (κ1) is 14.9. The normalized spacial score (nSPS) is 11.7. The minimum atomic E-state index is -0.903. The van der Waals surface area contributed by atoms with Gasteiger partial charge in [-0.1, -0.05) is 6.92 Å². The lowest BCUT2D eigenvalue weighted by Gasteiger charge is -2.13. The quantitative estimate of drug-likeness (QED) is 0.679. The molecule has 1 unspecified atom stereocenters. The lowest BCUT2D eigenvalue weighted by molar-refractivity contribution is -0.126. The van der Waals surface area contributed by atoms with E-state index in [1.165, 1.54) is 13.1 Å². The van der Waals surface area contributed by atoms with Crippen molar-refractivity contribution in [2.24, 2.45) is 5.73 Å². The molecule has 0 saturated heterocycles. The van der Waals surface area contributed by atoms with Crippen molar-refractivity contribution in [3.05, 3.63) is 24.0 Å². The maximum Gasteiger partial charge on any atom is 0.318 e. The summed E-state index contributed by atoms with van der Waals surface area (Å²) in [6.07, 6.45) is 0.703. The van der Waals surface area contributed by atoms with Gasteiger partial charge in [0.25, 0.3) is 5.91 Å². The van der Waals surface area contributed by atoms with Gasteiger partial charge in [-0.2, -0.15) is 0 Å². The number of imide groups is 1. The van der Waals surface area contributed by atoms with E-state index in [9.17, 15) is 9.59 Å². The van der Waals surface area contributed by atoms with Crippen molar-refractivity contribution < 1.29 is 14.3 Å². The molecule has 0 aromatic carbocycles. The van der Waals surface area contributed by atoms with Crippen LogP contribution in [0.25, 0.3) is 0 Å². The summed E-state index contributed by atoms with van der Waals surface area (Å²) < 4.78 is 5.33. The van der Waals surface area contributed by atoms with Crippen LogP contribution in [-0.4, -0.2) is 29.6 Å². The monoisotopic (exact) mass is 266 g/mol. The third kappa shape index (κ3) is 5.35. The van der Waals surface area contributed by atoms with Gasteiger partial charge in [-0.3, -0.25) is 15.1 Å². The minimum absolute atomic E-state index is 0.451. The maximum absolute atomic E-state index is 11.4. The molecule has 4 N–H and O–H groups in total. The molecule has 1 rings (SSSR count). The number of nitrogens with one attached hydrogen (secondary N) is 2. The van der Waals surface area contributed by atoms with Crippen LogP contribution in [0.1, 0.15) is 19.5 Å². The summed E-state index contributed by atoms with van der Waals surface area (Å²) in [5.41, 5.74) is 5.72. The van der Waals surface area contributed by atoms with Crippen molar-refractivity contribution >= 4 is 11.9 Å². The van der Waals surface area contributed by atoms with Gasteiger partial charge < -0.3 is 15.8 Å². The van der Waals surface area contributed by atoms with Crippen molar-refractivity contribution in [3.8, 4) is 5.75 Å². The van der Waals surface area contributed by atoms with Crippen LogP contribution < -0.4 is 21.1 Å². The van der Waals surface area contributed by atoms with Gasteiger partial charge in [0.2, 0.25) is 0 Å². The third-order valence-corrected chi connectivity index (χ3v) is 2.28. The Bertz CT molecular complexity index is 433. The van der Waals surface area contributed by atoms with Gasteiger partial charge in [0.05, 0.1) is 11.9 Å². The highest BCUT2D eigenvalue weighted by molar-refractivity contribution is 5.95. The number of nitrogens with zero attached hydrogens (tertiary/aromatic N) is 1. The Morgan fingerprint density at radius 1 is 1.47 bits per heavy atom. The second kappa shape index (κ2) is 7.32. The SMILES string of the molecule is CCNCc1ccc(OC(C)C(=O)NC(N)=O)cn1. The van der Waals surface area contributed by atoms with Gasteiger partial charge in [-0.05, 0) is 25.6 Å². The summed E-state index contributed by atoms with van der Waals surface area (Å²) in [4.78, 5) is 26.1. The zero-order chi connectivity index (χ0) is 14.3. The first-order valence-electron chi connectivity index (χ1n) is 5.95. The molecule has 0 bridgehead atoms. The van der Waals surface area contributed by atoms with E-state index in [0.717, 1.165) is 12.2 Å². The third-order valence-electron chi connectivity index (χ3n) is 2.28. The zero-order valence-electron chi connectivity index (χ0n) is 11.0. The van der Waals surface area contributed by atoms with Crippen molar-refractivity contribution in [2.75, 3.05) is 6.54 Å². The van der Waals surface area contributed by atoms with Crippen LogP contribution in [0.2, 0.25) is 0 Å². The van der Waals surface area contributed by atoms with E-state index in [1.54, 1.807) is 12.1 Å². The number of hydrogen-bond donors (Lipinski definition) is 3. The maximum atomic E-state index is 11.4. The number of rotatable bonds is 6.